The fraction of sp³-hybridized carbons (Fsp3) is 0.278. The van der Waals surface area contributed by atoms with Crippen molar-refractivity contribution in [2.24, 2.45) is 5.92 Å². The smallest absolute Gasteiger partial charge is 0.224 e. The number of benzene rings is 2. The molecule has 1 fully saturated rings. The molecule has 1 amide bonds. The molecule has 0 unspecified atom stereocenters. The Bertz CT molecular complexity index is 782. The summed E-state index contributed by atoms with van der Waals surface area (Å²) in [5.74, 6) is -0.359. The summed E-state index contributed by atoms with van der Waals surface area (Å²) in [4.78, 5) is 12.3. The van der Waals surface area contributed by atoms with E-state index in [0.29, 0.717) is 15.6 Å². The van der Waals surface area contributed by atoms with Crippen LogP contribution in [0.1, 0.15) is 23.5 Å². The van der Waals surface area contributed by atoms with Crippen molar-refractivity contribution in [2.45, 2.75) is 18.9 Å². The Morgan fingerprint density at radius 2 is 2.12 bits per heavy atom. The lowest BCUT2D eigenvalue weighted by molar-refractivity contribution is -0.122. The molecule has 126 valence electrons. The van der Waals surface area contributed by atoms with Crippen molar-refractivity contribution >= 4 is 29.1 Å². The Hall–Kier alpha value is -1.78. The van der Waals surface area contributed by atoms with Gasteiger partial charge in [-0.3, -0.25) is 4.79 Å². The van der Waals surface area contributed by atoms with Crippen LogP contribution in [0.15, 0.2) is 36.4 Å². The number of carbonyl (C=O) groups excluding carboxylic acids is 1. The third-order valence-corrected chi connectivity index (χ3v) is 5.02. The second-order valence-corrected chi connectivity index (χ2v) is 6.56. The summed E-state index contributed by atoms with van der Waals surface area (Å²) in [6, 6.07) is 10.1. The van der Waals surface area contributed by atoms with E-state index >= 15 is 0 Å². The molecule has 1 saturated carbocycles. The minimum Gasteiger partial charge on any atom is -0.494 e. The SMILES string of the molecule is COc1ccc(CNC(=O)[C@@H]2C[C@@H]2c2cccc(Cl)c2Cl)cc1F. The minimum absolute atomic E-state index is 0.0627. The molecule has 3 nitrogen and oxygen atoms in total. The predicted octanol–water partition coefficient (Wildman–Crippen LogP) is 4.56. The molecule has 2 aromatic rings. The molecule has 0 bridgehead atoms. The van der Waals surface area contributed by atoms with E-state index in [2.05, 4.69) is 5.32 Å². The number of hydrogen-bond donors (Lipinski definition) is 1. The summed E-state index contributed by atoms with van der Waals surface area (Å²) in [5, 5.41) is 3.84. The highest BCUT2D eigenvalue weighted by atomic mass is 35.5. The van der Waals surface area contributed by atoms with Gasteiger partial charge in [-0.15, -0.1) is 0 Å². The summed E-state index contributed by atoms with van der Waals surface area (Å²) in [6.07, 6.45) is 0.739. The van der Waals surface area contributed by atoms with Gasteiger partial charge in [0.15, 0.2) is 11.6 Å². The molecule has 0 radical (unpaired) electrons. The number of rotatable bonds is 5. The Morgan fingerprint density at radius 3 is 2.83 bits per heavy atom. The third-order valence-electron chi connectivity index (χ3n) is 4.19. The Balaban J connectivity index is 1.59. The number of methoxy groups -OCH3 is 1. The molecule has 0 saturated heterocycles. The van der Waals surface area contributed by atoms with E-state index in [4.69, 9.17) is 27.9 Å². The van der Waals surface area contributed by atoms with Crippen LogP contribution < -0.4 is 10.1 Å². The monoisotopic (exact) mass is 367 g/mol. The zero-order valence-electron chi connectivity index (χ0n) is 13.0. The number of amides is 1. The lowest BCUT2D eigenvalue weighted by Gasteiger charge is -2.08. The molecule has 2 atom stereocenters. The van der Waals surface area contributed by atoms with Gasteiger partial charge in [0.2, 0.25) is 5.91 Å². The van der Waals surface area contributed by atoms with Crippen LogP contribution in [0.5, 0.6) is 5.75 Å². The van der Waals surface area contributed by atoms with Gasteiger partial charge in [-0.05, 0) is 41.7 Å². The first kappa shape index (κ1) is 17.1. The maximum Gasteiger partial charge on any atom is 0.224 e. The molecule has 0 aromatic heterocycles. The van der Waals surface area contributed by atoms with Gasteiger partial charge in [0.05, 0.1) is 17.2 Å². The van der Waals surface area contributed by atoms with E-state index in [1.165, 1.54) is 13.2 Å². The van der Waals surface area contributed by atoms with Crippen molar-refractivity contribution in [3.63, 3.8) is 0 Å². The van der Waals surface area contributed by atoms with Gasteiger partial charge >= 0.3 is 0 Å². The van der Waals surface area contributed by atoms with Crippen molar-refractivity contribution in [1.29, 1.82) is 0 Å². The van der Waals surface area contributed by atoms with Gasteiger partial charge in [-0.1, -0.05) is 41.4 Å². The molecule has 0 heterocycles. The zero-order valence-corrected chi connectivity index (χ0v) is 14.5. The van der Waals surface area contributed by atoms with Crippen molar-refractivity contribution in [3.8, 4) is 5.75 Å². The topological polar surface area (TPSA) is 38.3 Å². The van der Waals surface area contributed by atoms with Crippen molar-refractivity contribution < 1.29 is 13.9 Å². The van der Waals surface area contributed by atoms with Crippen LogP contribution in [0.2, 0.25) is 10.0 Å². The lowest BCUT2D eigenvalue weighted by Crippen LogP contribution is -2.25. The Kier molecular flexibility index (Phi) is 4.97. The molecular formula is C18H16Cl2FNO2. The van der Waals surface area contributed by atoms with Gasteiger partial charge in [0.25, 0.3) is 0 Å². The molecule has 0 spiro atoms. The zero-order chi connectivity index (χ0) is 17.3. The quantitative estimate of drug-likeness (QED) is 0.840. The molecule has 6 heteroatoms. The molecule has 1 aliphatic rings. The standard InChI is InChI=1S/C18H16Cl2FNO2/c1-24-16-6-5-10(7-15(16)21)9-22-18(23)13-8-12(13)11-3-2-4-14(19)17(11)20/h2-7,12-13H,8-9H2,1H3,(H,22,23)/t12-,13-/m1/s1. The van der Waals surface area contributed by atoms with E-state index in [0.717, 1.165) is 12.0 Å². The van der Waals surface area contributed by atoms with Crippen molar-refractivity contribution in [3.05, 3.63) is 63.4 Å². The second-order valence-electron chi connectivity index (χ2n) is 5.78. The molecular weight excluding hydrogens is 352 g/mol. The normalized spacial score (nSPS) is 19.0. The fourth-order valence-electron chi connectivity index (χ4n) is 2.78. The van der Waals surface area contributed by atoms with Gasteiger partial charge in [0.1, 0.15) is 0 Å². The number of hydrogen-bond acceptors (Lipinski definition) is 2. The molecule has 24 heavy (non-hydrogen) atoms. The van der Waals surface area contributed by atoms with Crippen molar-refractivity contribution in [2.75, 3.05) is 7.11 Å². The average molecular weight is 368 g/mol. The predicted molar refractivity (Wildman–Crippen MR) is 92.1 cm³/mol. The number of ether oxygens (including phenoxy) is 1. The Morgan fingerprint density at radius 1 is 1.33 bits per heavy atom. The van der Waals surface area contributed by atoms with Gasteiger partial charge in [0, 0.05) is 12.5 Å². The number of halogens is 3. The Labute approximate surface area is 149 Å². The first-order valence-corrected chi connectivity index (χ1v) is 8.31. The maximum atomic E-state index is 13.6. The largest absolute Gasteiger partial charge is 0.494 e. The highest BCUT2D eigenvalue weighted by Gasteiger charge is 2.44. The van der Waals surface area contributed by atoms with Crippen LogP contribution in [0.3, 0.4) is 0 Å². The van der Waals surface area contributed by atoms with Gasteiger partial charge in [-0.2, -0.15) is 0 Å². The van der Waals surface area contributed by atoms with E-state index in [-0.39, 0.29) is 30.0 Å². The number of nitrogens with one attached hydrogen (secondary N) is 1. The van der Waals surface area contributed by atoms with E-state index in [9.17, 15) is 9.18 Å². The van der Waals surface area contributed by atoms with Crippen LogP contribution in [0.25, 0.3) is 0 Å². The summed E-state index contributed by atoms with van der Waals surface area (Å²) < 4.78 is 18.5. The van der Waals surface area contributed by atoms with Gasteiger partial charge in [-0.25, -0.2) is 4.39 Å². The third kappa shape index (κ3) is 3.50. The molecule has 3 rings (SSSR count). The van der Waals surface area contributed by atoms with Crippen molar-refractivity contribution in [1.82, 2.24) is 5.32 Å². The summed E-state index contributed by atoms with van der Waals surface area (Å²) in [5.41, 5.74) is 1.58. The summed E-state index contributed by atoms with van der Waals surface area (Å²) in [6.45, 7) is 0.270. The van der Waals surface area contributed by atoms with Gasteiger partial charge < -0.3 is 10.1 Å². The summed E-state index contributed by atoms with van der Waals surface area (Å²) in [7, 11) is 1.41. The first-order valence-electron chi connectivity index (χ1n) is 7.55. The van der Waals surface area contributed by atoms with E-state index in [1.54, 1.807) is 18.2 Å². The molecule has 2 aromatic carbocycles. The number of carbonyl (C=O) groups is 1. The van der Waals surface area contributed by atoms with E-state index < -0.39 is 5.82 Å². The second kappa shape index (κ2) is 6.99. The lowest BCUT2D eigenvalue weighted by atomic mass is 10.1. The van der Waals surface area contributed by atoms with Crippen LogP contribution in [-0.2, 0) is 11.3 Å². The average Bonchev–Trinajstić information content (AvgIpc) is 3.36. The maximum absolute atomic E-state index is 13.6. The van der Waals surface area contributed by atoms with Crippen LogP contribution >= 0.6 is 23.2 Å². The van der Waals surface area contributed by atoms with Crippen LogP contribution in [0.4, 0.5) is 4.39 Å². The highest BCUT2D eigenvalue weighted by molar-refractivity contribution is 6.42. The summed E-state index contributed by atoms with van der Waals surface area (Å²) >= 11 is 12.2. The molecule has 0 aliphatic heterocycles. The fourth-order valence-corrected chi connectivity index (χ4v) is 3.22. The van der Waals surface area contributed by atoms with E-state index in [1.807, 2.05) is 12.1 Å². The van der Waals surface area contributed by atoms with Crippen LogP contribution in [-0.4, -0.2) is 13.0 Å². The minimum atomic E-state index is -0.445. The molecule has 1 aliphatic carbocycles. The van der Waals surface area contributed by atoms with Crippen LogP contribution in [0, 0.1) is 11.7 Å². The first-order chi connectivity index (χ1) is 11.5. The highest BCUT2D eigenvalue weighted by Crippen LogP contribution is 2.50. The molecule has 1 N–H and O–H groups in total.